The Morgan fingerprint density at radius 3 is 2.21 bits per heavy atom. The molecule has 1 aliphatic carbocycles. The molecule has 1 fully saturated rings. The lowest BCUT2D eigenvalue weighted by atomic mass is 10.1. The van der Waals surface area contributed by atoms with Crippen molar-refractivity contribution >= 4 is 29.9 Å². The van der Waals surface area contributed by atoms with E-state index in [1.807, 2.05) is 12.1 Å². The number of rotatable bonds is 8. The van der Waals surface area contributed by atoms with E-state index in [9.17, 15) is 0 Å². The van der Waals surface area contributed by atoms with Gasteiger partial charge in [0, 0.05) is 36.8 Å². The number of hydrogen-bond donors (Lipinski definition) is 2. The van der Waals surface area contributed by atoms with Crippen molar-refractivity contribution in [1.29, 1.82) is 0 Å². The topological polar surface area (TPSA) is 64.1 Å². The van der Waals surface area contributed by atoms with E-state index in [1.165, 1.54) is 12.8 Å². The van der Waals surface area contributed by atoms with Crippen LogP contribution in [0.25, 0.3) is 0 Å². The lowest BCUT2D eigenvalue weighted by Gasteiger charge is -2.15. The van der Waals surface area contributed by atoms with E-state index in [1.54, 1.807) is 21.3 Å². The number of hydrogen-bond acceptors (Lipinski definition) is 4. The van der Waals surface area contributed by atoms with Crippen molar-refractivity contribution in [3.63, 3.8) is 0 Å². The summed E-state index contributed by atoms with van der Waals surface area (Å²) in [5, 5.41) is 6.68. The molecule has 0 amide bonds. The Morgan fingerprint density at radius 1 is 1.12 bits per heavy atom. The number of ether oxygens (including phenoxy) is 3. The standard InChI is InChI=1S/C17H27N3O3.HI/c1-5-18-17(20-12-6-7-12)19-9-8-14-15(22-3)10-13(21-2)11-16(14)23-4;/h10-12H,5-9H2,1-4H3,(H2,18,19,20);1H. The number of nitrogens with zero attached hydrogens (tertiary/aromatic N) is 1. The van der Waals surface area contributed by atoms with Gasteiger partial charge in [-0.1, -0.05) is 0 Å². The summed E-state index contributed by atoms with van der Waals surface area (Å²) in [4.78, 5) is 4.63. The van der Waals surface area contributed by atoms with Crippen molar-refractivity contribution in [2.75, 3.05) is 34.4 Å². The van der Waals surface area contributed by atoms with Gasteiger partial charge >= 0.3 is 0 Å². The number of halogens is 1. The predicted molar refractivity (Wildman–Crippen MR) is 107 cm³/mol. The third-order valence-electron chi connectivity index (χ3n) is 3.71. The summed E-state index contributed by atoms with van der Waals surface area (Å²) in [7, 11) is 4.93. The van der Waals surface area contributed by atoms with Crippen molar-refractivity contribution in [1.82, 2.24) is 10.6 Å². The first-order chi connectivity index (χ1) is 11.2. The van der Waals surface area contributed by atoms with Crippen LogP contribution in [0.3, 0.4) is 0 Å². The minimum atomic E-state index is 0. The summed E-state index contributed by atoms with van der Waals surface area (Å²) in [6.45, 7) is 3.58. The number of aliphatic imine (C=N–C) groups is 1. The third kappa shape index (κ3) is 5.92. The van der Waals surface area contributed by atoms with Crippen LogP contribution in [0.2, 0.25) is 0 Å². The summed E-state index contributed by atoms with van der Waals surface area (Å²) in [5.74, 6) is 3.12. The van der Waals surface area contributed by atoms with Crippen LogP contribution in [0.4, 0.5) is 0 Å². The van der Waals surface area contributed by atoms with Gasteiger partial charge in [0.2, 0.25) is 0 Å². The summed E-state index contributed by atoms with van der Waals surface area (Å²) in [6.07, 6.45) is 3.19. The van der Waals surface area contributed by atoms with Crippen LogP contribution in [0.5, 0.6) is 17.2 Å². The van der Waals surface area contributed by atoms with Crippen molar-refractivity contribution in [2.24, 2.45) is 4.99 Å². The molecule has 24 heavy (non-hydrogen) atoms. The van der Waals surface area contributed by atoms with Gasteiger partial charge in [0.1, 0.15) is 17.2 Å². The normalized spacial score (nSPS) is 13.8. The van der Waals surface area contributed by atoms with Crippen LogP contribution in [0.1, 0.15) is 25.3 Å². The highest BCUT2D eigenvalue weighted by atomic mass is 127. The van der Waals surface area contributed by atoms with Crippen molar-refractivity contribution in [3.8, 4) is 17.2 Å². The minimum Gasteiger partial charge on any atom is -0.496 e. The molecule has 0 spiro atoms. The van der Waals surface area contributed by atoms with E-state index in [0.29, 0.717) is 12.6 Å². The SMILES string of the molecule is CCNC(=NCCc1c(OC)cc(OC)cc1OC)NC1CC1.I. The van der Waals surface area contributed by atoms with Gasteiger partial charge in [-0.15, -0.1) is 24.0 Å². The monoisotopic (exact) mass is 449 g/mol. The van der Waals surface area contributed by atoms with E-state index < -0.39 is 0 Å². The van der Waals surface area contributed by atoms with Crippen LogP contribution in [0, 0.1) is 0 Å². The summed E-state index contributed by atoms with van der Waals surface area (Å²) in [5.41, 5.74) is 1.00. The average molecular weight is 449 g/mol. The van der Waals surface area contributed by atoms with Crippen molar-refractivity contribution in [2.45, 2.75) is 32.2 Å². The molecule has 1 aliphatic rings. The van der Waals surface area contributed by atoms with Crippen LogP contribution in [0.15, 0.2) is 17.1 Å². The highest BCUT2D eigenvalue weighted by Gasteiger charge is 2.22. The first-order valence-electron chi connectivity index (χ1n) is 8.05. The number of benzene rings is 1. The minimum absolute atomic E-state index is 0. The molecule has 136 valence electrons. The lowest BCUT2D eigenvalue weighted by molar-refractivity contribution is 0.369. The summed E-state index contributed by atoms with van der Waals surface area (Å²) >= 11 is 0. The fraction of sp³-hybridized carbons (Fsp3) is 0.588. The highest BCUT2D eigenvalue weighted by molar-refractivity contribution is 14.0. The van der Waals surface area contributed by atoms with E-state index in [2.05, 4.69) is 22.5 Å². The van der Waals surface area contributed by atoms with Crippen molar-refractivity contribution in [3.05, 3.63) is 17.7 Å². The summed E-state index contributed by atoms with van der Waals surface area (Å²) in [6, 6.07) is 4.32. The first kappa shape index (κ1) is 20.7. The van der Waals surface area contributed by atoms with Gasteiger partial charge in [0.25, 0.3) is 0 Å². The van der Waals surface area contributed by atoms with E-state index >= 15 is 0 Å². The Balaban J connectivity index is 0.00000288. The lowest BCUT2D eigenvalue weighted by Crippen LogP contribution is -2.38. The molecule has 1 aromatic carbocycles. The molecule has 1 saturated carbocycles. The smallest absolute Gasteiger partial charge is 0.191 e. The van der Waals surface area contributed by atoms with Gasteiger partial charge in [0.05, 0.1) is 21.3 Å². The maximum atomic E-state index is 5.47. The van der Waals surface area contributed by atoms with Gasteiger partial charge in [-0.25, -0.2) is 0 Å². The molecule has 7 heteroatoms. The molecule has 0 aliphatic heterocycles. The molecular weight excluding hydrogens is 421 g/mol. The van der Waals surface area contributed by atoms with Gasteiger partial charge in [0.15, 0.2) is 5.96 Å². The Labute approximate surface area is 161 Å². The van der Waals surface area contributed by atoms with E-state index in [0.717, 1.165) is 41.7 Å². The molecule has 0 saturated heterocycles. The largest absolute Gasteiger partial charge is 0.496 e. The highest BCUT2D eigenvalue weighted by Crippen LogP contribution is 2.34. The number of guanidine groups is 1. The van der Waals surface area contributed by atoms with Gasteiger partial charge < -0.3 is 24.8 Å². The van der Waals surface area contributed by atoms with Crippen LogP contribution in [-0.4, -0.2) is 46.4 Å². The summed E-state index contributed by atoms with van der Waals surface area (Å²) < 4.78 is 16.2. The molecular formula is C17H28IN3O3. The Hall–Kier alpha value is -1.38. The van der Waals surface area contributed by atoms with E-state index in [4.69, 9.17) is 14.2 Å². The van der Waals surface area contributed by atoms with Crippen molar-refractivity contribution < 1.29 is 14.2 Å². The maximum Gasteiger partial charge on any atom is 0.191 e. The molecule has 0 radical (unpaired) electrons. The number of nitrogens with one attached hydrogen (secondary N) is 2. The van der Waals surface area contributed by atoms with Crippen LogP contribution >= 0.6 is 24.0 Å². The number of methoxy groups -OCH3 is 3. The van der Waals surface area contributed by atoms with Gasteiger partial charge in [-0.2, -0.15) is 0 Å². The molecule has 0 aromatic heterocycles. The second-order valence-corrected chi connectivity index (χ2v) is 5.44. The van der Waals surface area contributed by atoms with E-state index in [-0.39, 0.29) is 24.0 Å². The molecule has 0 atom stereocenters. The maximum absolute atomic E-state index is 5.47. The zero-order valence-electron chi connectivity index (χ0n) is 14.8. The molecule has 6 nitrogen and oxygen atoms in total. The Morgan fingerprint density at radius 2 is 1.75 bits per heavy atom. The second-order valence-electron chi connectivity index (χ2n) is 5.44. The van der Waals surface area contributed by atoms with Crippen LogP contribution < -0.4 is 24.8 Å². The average Bonchev–Trinajstić information content (AvgIpc) is 3.38. The third-order valence-corrected chi connectivity index (χ3v) is 3.71. The molecule has 2 rings (SSSR count). The fourth-order valence-corrected chi connectivity index (χ4v) is 2.34. The second kappa shape index (κ2) is 10.5. The zero-order valence-corrected chi connectivity index (χ0v) is 17.2. The van der Waals surface area contributed by atoms with Gasteiger partial charge in [-0.3, -0.25) is 4.99 Å². The Kier molecular flexibility index (Phi) is 9.02. The fourth-order valence-electron chi connectivity index (χ4n) is 2.34. The quantitative estimate of drug-likeness (QED) is 0.363. The molecule has 0 bridgehead atoms. The zero-order chi connectivity index (χ0) is 16.7. The molecule has 0 heterocycles. The molecule has 2 N–H and O–H groups in total. The Bertz CT molecular complexity index is 523. The van der Waals surface area contributed by atoms with Gasteiger partial charge in [-0.05, 0) is 26.2 Å². The molecule has 1 aromatic rings. The predicted octanol–water partition coefficient (Wildman–Crippen LogP) is 2.59. The molecule has 0 unspecified atom stereocenters. The first-order valence-corrected chi connectivity index (χ1v) is 8.05. The van der Waals surface area contributed by atoms with Crippen LogP contribution in [-0.2, 0) is 6.42 Å².